The molecule has 9 nitrogen and oxygen atoms in total. The maximum Gasteiger partial charge on any atom is 0.273 e. The molecule has 0 saturated heterocycles. The lowest BCUT2D eigenvalue weighted by atomic mass is 10.0. The molecule has 1 heterocycles. The monoisotopic (exact) mass is 574 g/mol. The first-order valence-electron chi connectivity index (χ1n) is 13.4. The Morgan fingerprint density at radius 1 is 1.00 bits per heavy atom. The number of rotatable bonds is 13. The molecule has 0 aliphatic heterocycles. The highest BCUT2D eigenvalue weighted by atomic mass is 32.2. The number of ether oxygens (including phenoxy) is 2. The molecule has 4 rings (SSSR count). The van der Waals surface area contributed by atoms with Crippen LogP contribution in [0.15, 0.2) is 71.9 Å². The number of nitrogens with one attached hydrogen (secondary N) is 1. The van der Waals surface area contributed by atoms with Crippen LogP contribution in [0, 0.1) is 17.0 Å². The van der Waals surface area contributed by atoms with Crippen LogP contribution in [0.25, 0.3) is 22.5 Å². The number of aromatic nitrogens is 2. The summed E-state index contributed by atoms with van der Waals surface area (Å²) in [6.45, 7) is 5.04. The highest BCUT2D eigenvalue weighted by Gasteiger charge is 2.21. The van der Waals surface area contributed by atoms with Crippen LogP contribution in [0.3, 0.4) is 0 Å². The Kier molecular flexibility index (Phi) is 10.0. The van der Waals surface area contributed by atoms with Crippen LogP contribution < -0.4 is 14.8 Å². The third-order valence-electron chi connectivity index (χ3n) is 6.61. The summed E-state index contributed by atoms with van der Waals surface area (Å²) in [6, 6.07) is 20.4. The van der Waals surface area contributed by atoms with E-state index in [0.29, 0.717) is 18.5 Å². The first-order chi connectivity index (χ1) is 19.9. The van der Waals surface area contributed by atoms with Gasteiger partial charge in [0.1, 0.15) is 11.5 Å². The van der Waals surface area contributed by atoms with Crippen molar-refractivity contribution in [3.8, 4) is 34.0 Å². The van der Waals surface area contributed by atoms with E-state index in [-0.39, 0.29) is 17.2 Å². The molecule has 10 heteroatoms. The second kappa shape index (κ2) is 13.8. The molecule has 4 aromatic rings. The number of amides is 1. The number of thioether (sulfide) groups is 1. The summed E-state index contributed by atoms with van der Waals surface area (Å²) in [5.74, 6) is 1.98. The van der Waals surface area contributed by atoms with Crippen molar-refractivity contribution in [3.05, 3.63) is 88.0 Å². The van der Waals surface area contributed by atoms with Gasteiger partial charge in [0.25, 0.3) is 11.6 Å². The van der Waals surface area contributed by atoms with Crippen LogP contribution in [0.5, 0.6) is 11.5 Å². The van der Waals surface area contributed by atoms with Gasteiger partial charge in [0.05, 0.1) is 30.5 Å². The lowest BCUT2D eigenvalue weighted by molar-refractivity contribution is -0.385. The molecule has 0 unspecified atom stereocenters. The number of hydrogen-bond donors (Lipinski definition) is 1. The van der Waals surface area contributed by atoms with Gasteiger partial charge in [-0.3, -0.25) is 14.9 Å². The van der Waals surface area contributed by atoms with E-state index in [1.165, 1.54) is 6.07 Å². The molecule has 1 aromatic heterocycles. The van der Waals surface area contributed by atoms with E-state index in [4.69, 9.17) is 14.5 Å². The highest BCUT2D eigenvalue weighted by Crippen LogP contribution is 2.37. The second-order valence-corrected chi connectivity index (χ2v) is 10.5. The molecule has 3 aromatic carbocycles. The highest BCUT2D eigenvalue weighted by molar-refractivity contribution is 7.99. The molecule has 214 valence electrons. The van der Waals surface area contributed by atoms with Crippen LogP contribution in [0.2, 0.25) is 0 Å². The SMILES string of the molecule is CCCn1c(SCCCNC(=O)c2ccc(C)c([N+](=O)[O-])c2)nc(-c2ccc(OC)cc2)c1-c1ccc(OC)cc1. The Labute approximate surface area is 244 Å². The Morgan fingerprint density at radius 3 is 2.22 bits per heavy atom. The van der Waals surface area contributed by atoms with Crippen molar-refractivity contribution < 1.29 is 19.2 Å². The fraction of sp³-hybridized carbons (Fsp3) is 0.290. The summed E-state index contributed by atoms with van der Waals surface area (Å²) in [6.07, 6.45) is 1.65. The van der Waals surface area contributed by atoms with Crippen LogP contribution in [-0.4, -0.2) is 46.9 Å². The number of imidazole rings is 1. The number of carbonyl (C=O) groups excluding carboxylic acids is 1. The first kappa shape index (κ1) is 29.7. The number of benzene rings is 3. The zero-order valence-electron chi connectivity index (χ0n) is 23.7. The first-order valence-corrected chi connectivity index (χ1v) is 14.4. The van der Waals surface area contributed by atoms with Crippen LogP contribution in [0.4, 0.5) is 5.69 Å². The average molecular weight is 575 g/mol. The zero-order chi connectivity index (χ0) is 29.4. The predicted octanol–water partition coefficient (Wildman–Crippen LogP) is 6.77. The van der Waals surface area contributed by atoms with E-state index < -0.39 is 4.92 Å². The van der Waals surface area contributed by atoms with Gasteiger partial charge in [0.2, 0.25) is 0 Å². The maximum atomic E-state index is 12.6. The van der Waals surface area contributed by atoms with Gasteiger partial charge in [-0.05, 0) is 74.4 Å². The largest absolute Gasteiger partial charge is 0.497 e. The molecule has 0 aliphatic rings. The second-order valence-electron chi connectivity index (χ2n) is 9.42. The summed E-state index contributed by atoms with van der Waals surface area (Å²) in [5, 5.41) is 15.0. The lowest BCUT2D eigenvalue weighted by Crippen LogP contribution is -2.24. The van der Waals surface area contributed by atoms with Crippen molar-refractivity contribution in [3.63, 3.8) is 0 Å². The van der Waals surface area contributed by atoms with Crippen LogP contribution >= 0.6 is 11.8 Å². The molecule has 0 saturated carbocycles. The Bertz CT molecular complexity index is 1500. The number of nitrogens with zero attached hydrogens (tertiary/aromatic N) is 3. The molecule has 0 radical (unpaired) electrons. The van der Waals surface area contributed by atoms with Gasteiger partial charge in [-0.1, -0.05) is 24.8 Å². The van der Waals surface area contributed by atoms with E-state index in [1.54, 1.807) is 45.0 Å². The molecule has 41 heavy (non-hydrogen) atoms. The topological polar surface area (TPSA) is 109 Å². The van der Waals surface area contributed by atoms with Crippen molar-refractivity contribution in [2.24, 2.45) is 0 Å². The number of aryl methyl sites for hydroxylation is 1. The summed E-state index contributed by atoms with van der Waals surface area (Å²) in [7, 11) is 3.30. The average Bonchev–Trinajstić information content (AvgIpc) is 3.35. The number of carbonyl (C=O) groups is 1. The van der Waals surface area contributed by atoms with E-state index in [9.17, 15) is 14.9 Å². The number of nitro benzene ring substituents is 1. The van der Waals surface area contributed by atoms with E-state index in [0.717, 1.165) is 57.9 Å². The quantitative estimate of drug-likeness (QED) is 0.0812. The van der Waals surface area contributed by atoms with E-state index in [1.807, 2.05) is 36.4 Å². The van der Waals surface area contributed by atoms with Gasteiger partial charge in [0, 0.05) is 47.2 Å². The molecule has 1 N–H and O–H groups in total. The minimum absolute atomic E-state index is 0.0590. The third-order valence-corrected chi connectivity index (χ3v) is 7.68. The molecule has 0 spiro atoms. The molecule has 0 aliphatic carbocycles. The third kappa shape index (κ3) is 7.07. The molecule has 0 fully saturated rings. The molecular formula is C31H34N4O5S. The van der Waals surface area contributed by atoms with Gasteiger partial charge in [0.15, 0.2) is 5.16 Å². The van der Waals surface area contributed by atoms with Gasteiger partial charge in [-0.2, -0.15) is 0 Å². The Hall–Kier alpha value is -4.31. The van der Waals surface area contributed by atoms with Crippen LogP contribution in [0.1, 0.15) is 35.7 Å². The van der Waals surface area contributed by atoms with Gasteiger partial charge in [-0.25, -0.2) is 4.98 Å². The normalized spacial score (nSPS) is 10.8. The Morgan fingerprint density at radius 2 is 1.63 bits per heavy atom. The van der Waals surface area contributed by atoms with Gasteiger partial charge < -0.3 is 19.4 Å². The number of methoxy groups -OCH3 is 2. The maximum absolute atomic E-state index is 12.6. The zero-order valence-corrected chi connectivity index (χ0v) is 24.5. The molecule has 0 atom stereocenters. The summed E-state index contributed by atoms with van der Waals surface area (Å²) in [5.41, 5.74) is 4.71. The standard InChI is InChI=1S/C31H34N4O5S/c1-5-18-34-29(23-11-15-26(40-4)16-12-23)28(22-9-13-25(39-3)14-10-22)33-31(34)41-19-6-17-32-30(36)24-8-7-21(2)27(20-24)35(37)38/h7-16,20H,5-6,17-19H2,1-4H3,(H,32,36). The summed E-state index contributed by atoms with van der Waals surface area (Å²) in [4.78, 5) is 28.4. The fourth-order valence-corrected chi connectivity index (χ4v) is 5.42. The van der Waals surface area contributed by atoms with Crippen molar-refractivity contribution in [1.29, 1.82) is 0 Å². The smallest absolute Gasteiger partial charge is 0.273 e. The molecular weight excluding hydrogens is 540 g/mol. The summed E-state index contributed by atoms with van der Waals surface area (Å²) < 4.78 is 13.0. The van der Waals surface area contributed by atoms with Gasteiger partial charge in [-0.15, -0.1) is 0 Å². The molecule has 1 amide bonds. The molecule has 0 bridgehead atoms. The summed E-state index contributed by atoms with van der Waals surface area (Å²) >= 11 is 1.64. The van der Waals surface area contributed by atoms with Crippen molar-refractivity contribution in [2.75, 3.05) is 26.5 Å². The number of hydrogen-bond acceptors (Lipinski definition) is 7. The van der Waals surface area contributed by atoms with Crippen LogP contribution in [-0.2, 0) is 6.54 Å². The lowest BCUT2D eigenvalue weighted by Gasteiger charge is -2.13. The van der Waals surface area contributed by atoms with Gasteiger partial charge >= 0.3 is 0 Å². The van der Waals surface area contributed by atoms with Crippen molar-refractivity contribution in [1.82, 2.24) is 14.9 Å². The van der Waals surface area contributed by atoms with Crippen molar-refractivity contribution >= 4 is 23.4 Å². The van der Waals surface area contributed by atoms with Crippen molar-refractivity contribution in [2.45, 2.75) is 38.4 Å². The van der Waals surface area contributed by atoms with E-state index in [2.05, 4.69) is 28.9 Å². The predicted molar refractivity (Wildman–Crippen MR) is 162 cm³/mol. The van der Waals surface area contributed by atoms with E-state index >= 15 is 0 Å². The number of nitro groups is 1. The Balaban J connectivity index is 1.52. The fourth-order valence-electron chi connectivity index (χ4n) is 4.45. The minimum Gasteiger partial charge on any atom is -0.497 e. The minimum atomic E-state index is -0.471.